The van der Waals surface area contributed by atoms with Gasteiger partial charge in [0, 0.05) is 21.3 Å². The van der Waals surface area contributed by atoms with Crippen LogP contribution in [-0.2, 0) is 0 Å². The van der Waals surface area contributed by atoms with Crippen molar-refractivity contribution in [2.75, 3.05) is 5.32 Å². The quantitative estimate of drug-likeness (QED) is 0.379. The number of hydrogen-bond acceptors (Lipinski definition) is 4. The van der Waals surface area contributed by atoms with E-state index in [0.29, 0.717) is 27.0 Å². The van der Waals surface area contributed by atoms with Crippen molar-refractivity contribution in [3.05, 3.63) is 93.5 Å². The number of anilines is 1. The second-order valence-electron chi connectivity index (χ2n) is 6.34. The molecule has 6 nitrogen and oxygen atoms in total. The molecule has 3 N–H and O–H groups in total. The molecule has 8 heteroatoms. The summed E-state index contributed by atoms with van der Waals surface area (Å²) in [6.45, 7) is 1.72. The first-order chi connectivity index (χ1) is 14.3. The highest BCUT2D eigenvalue weighted by molar-refractivity contribution is 6.31. The molecule has 0 aliphatic rings. The maximum absolute atomic E-state index is 12.3. The first-order valence-corrected chi connectivity index (χ1v) is 9.59. The van der Waals surface area contributed by atoms with E-state index in [0.717, 1.165) is 5.56 Å². The molecule has 0 saturated carbocycles. The van der Waals surface area contributed by atoms with Crippen molar-refractivity contribution >= 4 is 46.4 Å². The lowest BCUT2D eigenvalue weighted by molar-refractivity contribution is 0.0951. The Labute approximate surface area is 183 Å². The van der Waals surface area contributed by atoms with Gasteiger partial charge in [-0.05, 0) is 67.1 Å². The van der Waals surface area contributed by atoms with Crippen molar-refractivity contribution in [2.45, 2.75) is 6.92 Å². The number of nitrogens with one attached hydrogen (secondary N) is 2. The molecule has 30 heavy (non-hydrogen) atoms. The number of carbonyl (C=O) groups excluding carboxylic acids is 2. The summed E-state index contributed by atoms with van der Waals surface area (Å²) in [7, 11) is 0. The molecule has 2 amide bonds. The van der Waals surface area contributed by atoms with Crippen LogP contribution in [0.1, 0.15) is 33.2 Å². The number of phenols is 1. The molecular formula is C22H17Cl2N3O3. The average molecular weight is 442 g/mol. The van der Waals surface area contributed by atoms with Crippen molar-refractivity contribution in [2.24, 2.45) is 5.10 Å². The van der Waals surface area contributed by atoms with E-state index < -0.39 is 5.91 Å². The Kier molecular flexibility index (Phi) is 6.72. The Balaban J connectivity index is 1.64. The van der Waals surface area contributed by atoms with Gasteiger partial charge >= 0.3 is 0 Å². The fraction of sp³-hybridized carbons (Fsp3) is 0.0455. The molecule has 0 radical (unpaired) electrons. The van der Waals surface area contributed by atoms with E-state index in [9.17, 15) is 14.7 Å². The maximum atomic E-state index is 12.3. The number of halogens is 2. The number of nitrogens with zero attached hydrogens (tertiary/aromatic N) is 1. The van der Waals surface area contributed by atoms with Crippen LogP contribution in [0.4, 0.5) is 5.69 Å². The standard InChI is InChI=1S/C22H17Cl2N3O3/c1-13(26-27-22(30)19-12-17(24)8-11-20(19)28)14-4-9-18(10-5-14)25-21(29)15-2-6-16(23)7-3-15/h2-12,28H,1H3,(H,25,29)(H,27,30)/b26-13-. The van der Waals surface area contributed by atoms with Crippen molar-refractivity contribution in [3.8, 4) is 5.75 Å². The number of phenolic OH excluding ortho intramolecular Hbond substituents is 1. The second-order valence-corrected chi connectivity index (χ2v) is 7.21. The number of benzene rings is 3. The minimum atomic E-state index is -0.582. The summed E-state index contributed by atoms with van der Waals surface area (Å²) >= 11 is 11.7. The van der Waals surface area contributed by atoms with E-state index in [2.05, 4.69) is 15.8 Å². The molecule has 0 aliphatic heterocycles. The van der Waals surface area contributed by atoms with E-state index in [4.69, 9.17) is 23.2 Å². The zero-order chi connectivity index (χ0) is 21.7. The minimum Gasteiger partial charge on any atom is -0.507 e. The zero-order valence-electron chi connectivity index (χ0n) is 15.8. The van der Waals surface area contributed by atoms with E-state index in [-0.39, 0.29) is 17.2 Å². The molecule has 152 valence electrons. The third-order valence-electron chi connectivity index (χ3n) is 4.20. The normalized spacial score (nSPS) is 11.1. The second kappa shape index (κ2) is 9.43. The molecular weight excluding hydrogens is 425 g/mol. The maximum Gasteiger partial charge on any atom is 0.275 e. The Morgan fingerprint density at radius 3 is 2.10 bits per heavy atom. The van der Waals surface area contributed by atoms with Gasteiger partial charge in [0.2, 0.25) is 0 Å². The molecule has 3 aromatic rings. The van der Waals surface area contributed by atoms with Gasteiger partial charge in [-0.1, -0.05) is 35.3 Å². The van der Waals surface area contributed by atoms with E-state index in [1.807, 2.05) is 0 Å². The number of aromatic hydroxyl groups is 1. The third kappa shape index (κ3) is 5.37. The number of hydrazone groups is 1. The molecule has 0 spiro atoms. The Morgan fingerprint density at radius 1 is 0.833 bits per heavy atom. The Morgan fingerprint density at radius 2 is 1.43 bits per heavy atom. The smallest absolute Gasteiger partial charge is 0.275 e. The van der Waals surface area contributed by atoms with Gasteiger partial charge in [0.15, 0.2) is 0 Å². The van der Waals surface area contributed by atoms with Crippen LogP contribution >= 0.6 is 23.2 Å². The van der Waals surface area contributed by atoms with Crippen molar-refractivity contribution < 1.29 is 14.7 Å². The van der Waals surface area contributed by atoms with Crippen molar-refractivity contribution in [3.63, 3.8) is 0 Å². The zero-order valence-corrected chi connectivity index (χ0v) is 17.3. The van der Waals surface area contributed by atoms with Crippen LogP contribution in [0.25, 0.3) is 0 Å². The average Bonchev–Trinajstić information content (AvgIpc) is 2.74. The first kappa shape index (κ1) is 21.4. The van der Waals surface area contributed by atoms with Crippen molar-refractivity contribution in [1.82, 2.24) is 5.43 Å². The molecule has 0 aromatic heterocycles. The summed E-state index contributed by atoms with van der Waals surface area (Å²) < 4.78 is 0. The van der Waals surface area contributed by atoms with E-state index in [1.165, 1.54) is 18.2 Å². The van der Waals surface area contributed by atoms with E-state index >= 15 is 0 Å². The van der Waals surface area contributed by atoms with Crippen LogP contribution in [0.2, 0.25) is 10.0 Å². The molecule has 0 bridgehead atoms. The van der Waals surface area contributed by atoms with Gasteiger partial charge in [-0.15, -0.1) is 0 Å². The third-order valence-corrected chi connectivity index (χ3v) is 4.68. The lowest BCUT2D eigenvalue weighted by Gasteiger charge is -2.08. The molecule has 0 atom stereocenters. The molecule has 0 heterocycles. The van der Waals surface area contributed by atoms with Gasteiger partial charge in [-0.2, -0.15) is 5.10 Å². The predicted octanol–water partition coefficient (Wildman–Crippen LogP) is 5.11. The number of carbonyl (C=O) groups is 2. The topological polar surface area (TPSA) is 90.8 Å². The Hall–Kier alpha value is -3.35. The largest absolute Gasteiger partial charge is 0.507 e. The molecule has 3 rings (SSSR count). The fourth-order valence-corrected chi connectivity index (χ4v) is 2.85. The van der Waals surface area contributed by atoms with Gasteiger partial charge in [-0.25, -0.2) is 5.43 Å². The summed E-state index contributed by atoms with van der Waals surface area (Å²) in [4.78, 5) is 24.4. The molecule has 0 fully saturated rings. The van der Waals surface area contributed by atoms with Gasteiger partial charge in [0.05, 0.1) is 11.3 Å². The highest BCUT2D eigenvalue weighted by Gasteiger charge is 2.11. The van der Waals surface area contributed by atoms with Gasteiger partial charge in [0.25, 0.3) is 11.8 Å². The lowest BCUT2D eigenvalue weighted by atomic mass is 10.1. The molecule has 0 unspecified atom stereocenters. The summed E-state index contributed by atoms with van der Waals surface area (Å²) in [5, 5.41) is 17.5. The lowest BCUT2D eigenvalue weighted by Crippen LogP contribution is -2.19. The number of amides is 2. The van der Waals surface area contributed by atoms with Crippen LogP contribution in [0, 0.1) is 0 Å². The molecule has 0 saturated heterocycles. The highest BCUT2D eigenvalue weighted by atomic mass is 35.5. The molecule has 3 aromatic carbocycles. The predicted molar refractivity (Wildman–Crippen MR) is 119 cm³/mol. The SMILES string of the molecule is C/C(=N/NC(=O)c1cc(Cl)ccc1O)c1ccc(NC(=O)c2ccc(Cl)cc2)cc1. The minimum absolute atomic E-state index is 0.0271. The Bertz CT molecular complexity index is 1110. The monoisotopic (exact) mass is 441 g/mol. The fourth-order valence-electron chi connectivity index (χ4n) is 2.55. The number of hydrogen-bond donors (Lipinski definition) is 3. The van der Waals surface area contributed by atoms with Gasteiger partial charge in [-0.3, -0.25) is 9.59 Å². The van der Waals surface area contributed by atoms with Crippen LogP contribution in [0.5, 0.6) is 5.75 Å². The molecule has 0 aliphatic carbocycles. The first-order valence-electron chi connectivity index (χ1n) is 8.84. The van der Waals surface area contributed by atoms with Crippen LogP contribution < -0.4 is 10.7 Å². The summed E-state index contributed by atoms with van der Waals surface area (Å²) in [5.41, 5.74) is 4.81. The summed E-state index contributed by atoms with van der Waals surface area (Å²) in [5.74, 6) is -1.02. The van der Waals surface area contributed by atoms with Crippen LogP contribution in [-0.4, -0.2) is 22.6 Å². The summed E-state index contributed by atoms with van der Waals surface area (Å²) in [6.07, 6.45) is 0. The number of rotatable bonds is 5. The van der Waals surface area contributed by atoms with Crippen LogP contribution in [0.3, 0.4) is 0 Å². The van der Waals surface area contributed by atoms with E-state index in [1.54, 1.807) is 55.5 Å². The van der Waals surface area contributed by atoms with Gasteiger partial charge < -0.3 is 10.4 Å². The van der Waals surface area contributed by atoms with Crippen molar-refractivity contribution in [1.29, 1.82) is 0 Å². The van der Waals surface area contributed by atoms with Gasteiger partial charge in [0.1, 0.15) is 5.75 Å². The highest BCUT2D eigenvalue weighted by Crippen LogP contribution is 2.21. The summed E-state index contributed by atoms with van der Waals surface area (Å²) in [6, 6.07) is 17.7. The van der Waals surface area contributed by atoms with Crippen LogP contribution in [0.15, 0.2) is 71.8 Å².